The van der Waals surface area contributed by atoms with Gasteiger partial charge in [-0.1, -0.05) is 25.5 Å². The molecule has 1 saturated carbocycles. The van der Waals surface area contributed by atoms with Crippen LogP contribution in [0.25, 0.3) is 0 Å². The van der Waals surface area contributed by atoms with Crippen molar-refractivity contribution in [3.8, 4) is 5.75 Å². The lowest BCUT2D eigenvalue weighted by atomic mass is 10.0. The first-order valence-corrected chi connectivity index (χ1v) is 7.30. The fraction of sp³-hybridized carbons (Fsp3) is 0.625. The molecule has 2 N–H and O–H groups in total. The molecule has 3 heteroatoms. The molecule has 0 radical (unpaired) electrons. The standard InChI is InChI=1S/C16H25NO2/c1-3-15(12-7-9-14(19-2)10-8-12)17-11-13-5-4-6-16(13)18/h7-10,13,15-18H,3-6,11H2,1-2H3. The largest absolute Gasteiger partial charge is 0.497 e. The average Bonchev–Trinajstić information content (AvgIpc) is 2.86. The van der Waals surface area contributed by atoms with Crippen molar-refractivity contribution >= 4 is 0 Å². The Morgan fingerprint density at radius 1 is 1.32 bits per heavy atom. The molecule has 0 amide bonds. The Bertz CT molecular complexity index is 377. The lowest BCUT2D eigenvalue weighted by Gasteiger charge is -2.22. The van der Waals surface area contributed by atoms with Gasteiger partial charge in [-0.3, -0.25) is 0 Å². The van der Waals surface area contributed by atoms with Gasteiger partial charge in [0.05, 0.1) is 13.2 Å². The molecule has 0 aliphatic heterocycles. The van der Waals surface area contributed by atoms with Gasteiger partial charge in [0, 0.05) is 12.6 Å². The first-order chi connectivity index (χ1) is 9.24. The zero-order valence-electron chi connectivity index (χ0n) is 11.9. The third-order valence-electron chi connectivity index (χ3n) is 4.17. The van der Waals surface area contributed by atoms with Crippen LogP contribution in [0.2, 0.25) is 0 Å². The summed E-state index contributed by atoms with van der Waals surface area (Å²) < 4.78 is 5.18. The van der Waals surface area contributed by atoms with Crippen molar-refractivity contribution in [1.82, 2.24) is 5.32 Å². The van der Waals surface area contributed by atoms with Crippen molar-refractivity contribution < 1.29 is 9.84 Å². The SMILES string of the molecule is CCC(NCC1CCCC1O)c1ccc(OC)cc1. The molecular formula is C16H25NO2. The van der Waals surface area contributed by atoms with Crippen molar-refractivity contribution in [1.29, 1.82) is 0 Å². The Morgan fingerprint density at radius 2 is 2.05 bits per heavy atom. The summed E-state index contributed by atoms with van der Waals surface area (Å²) in [6, 6.07) is 8.60. The summed E-state index contributed by atoms with van der Waals surface area (Å²) >= 11 is 0. The minimum absolute atomic E-state index is 0.110. The molecule has 2 rings (SSSR count). The molecule has 1 aliphatic rings. The Labute approximate surface area is 116 Å². The van der Waals surface area contributed by atoms with Crippen molar-refractivity contribution in [2.75, 3.05) is 13.7 Å². The van der Waals surface area contributed by atoms with Gasteiger partial charge in [-0.25, -0.2) is 0 Å². The van der Waals surface area contributed by atoms with Crippen LogP contribution in [0.1, 0.15) is 44.2 Å². The maximum Gasteiger partial charge on any atom is 0.118 e. The van der Waals surface area contributed by atoms with Gasteiger partial charge in [-0.2, -0.15) is 0 Å². The molecule has 0 aromatic heterocycles. The number of hydrogen-bond donors (Lipinski definition) is 2. The highest BCUT2D eigenvalue weighted by Crippen LogP contribution is 2.26. The van der Waals surface area contributed by atoms with Gasteiger partial charge >= 0.3 is 0 Å². The summed E-state index contributed by atoms with van der Waals surface area (Å²) in [5.74, 6) is 1.32. The minimum Gasteiger partial charge on any atom is -0.497 e. The fourth-order valence-electron chi connectivity index (χ4n) is 2.88. The van der Waals surface area contributed by atoms with Crippen LogP contribution < -0.4 is 10.1 Å². The van der Waals surface area contributed by atoms with Gasteiger partial charge in [-0.05, 0) is 42.9 Å². The molecule has 0 spiro atoms. The molecule has 1 aromatic rings. The Balaban J connectivity index is 1.91. The van der Waals surface area contributed by atoms with Gasteiger partial charge in [0.15, 0.2) is 0 Å². The third-order valence-corrected chi connectivity index (χ3v) is 4.17. The summed E-state index contributed by atoms with van der Waals surface area (Å²) in [6.45, 7) is 3.10. The fourth-order valence-corrected chi connectivity index (χ4v) is 2.88. The van der Waals surface area contributed by atoms with Crippen LogP contribution in [-0.2, 0) is 0 Å². The minimum atomic E-state index is -0.110. The first-order valence-electron chi connectivity index (χ1n) is 7.30. The highest BCUT2D eigenvalue weighted by atomic mass is 16.5. The number of methoxy groups -OCH3 is 1. The van der Waals surface area contributed by atoms with Crippen molar-refractivity contribution in [2.45, 2.75) is 44.8 Å². The van der Waals surface area contributed by atoms with Crippen LogP contribution in [0.5, 0.6) is 5.75 Å². The van der Waals surface area contributed by atoms with E-state index in [-0.39, 0.29) is 6.10 Å². The highest BCUT2D eigenvalue weighted by molar-refractivity contribution is 5.29. The maximum absolute atomic E-state index is 9.86. The van der Waals surface area contributed by atoms with Crippen molar-refractivity contribution in [3.05, 3.63) is 29.8 Å². The molecular weight excluding hydrogens is 238 g/mol. The average molecular weight is 263 g/mol. The quantitative estimate of drug-likeness (QED) is 0.829. The van der Waals surface area contributed by atoms with Crippen LogP contribution in [-0.4, -0.2) is 24.9 Å². The molecule has 3 nitrogen and oxygen atoms in total. The third kappa shape index (κ3) is 3.71. The number of hydrogen-bond acceptors (Lipinski definition) is 3. The van der Waals surface area contributed by atoms with Gasteiger partial charge in [0.25, 0.3) is 0 Å². The molecule has 0 saturated heterocycles. The molecule has 0 bridgehead atoms. The molecule has 3 atom stereocenters. The lowest BCUT2D eigenvalue weighted by molar-refractivity contribution is 0.129. The Morgan fingerprint density at radius 3 is 2.58 bits per heavy atom. The Hall–Kier alpha value is -1.06. The Kier molecular flexibility index (Phi) is 5.23. The normalized spacial score (nSPS) is 24.4. The van der Waals surface area contributed by atoms with E-state index in [1.165, 1.54) is 5.56 Å². The van der Waals surface area contributed by atoms with Gasteiger partial charge in [0.1, 0.15) is 5.75 Å². The second kappa shape index (κ2) is 6.92. The van der Waals surface area contributed by atoms with E-state index in [1.807, 2.05) is 12.1 Å². The molecule has 1 aliphatic carbocycles. The van der Waals surface area contributed by atoms with E-state index in [4.69, 9.17) is 4.74 Å². The van der Waals surface area contributed by atoms with E-state index >= 15 is 0 Å². The number of rotatable bonds is 6. The van der Waals surface area contributed by atoms with E-state index in [0.29, 0.717) is 12.0 Å². The highest BCUT2D eigenvalue weighted by Gasteiger charge is 2.25. The smallest absolute Gasteiger partial charge is 0.118 e. The summed E-state index contributed by atoms with van der Waals surface area (Å²) in [5, 5.41) is 13.5. The summed E-state index contributed by atoms with van der Waals surface area (Å²) in [7, 11) is 1.69. The zero-order chi connectivity index (χ0) is 13.7. The van der Waals surface area contributed by atoms with E-state index in [2.05, 4.69) is 24.4 Å². The monoisotopic (exact) mass is 263 g/mol. The van der Waals surface area contributed by atoms with E-state index in [1.54, 1.807) is 7.11 Å². The molecule has 1 aromatic carbocycles. The summed E-state index contributed by atoms with van der Waals surface area (Å²) in [6.07, 6.45) is 4.21. The second-order valence-corrected chi connectivity index (χ2v) is 5.40. The van der Waals surface area contributed by atoms with Crippen molar-refractivity contribution in [2.24, 2.45) is 5.92 Å². The number of aliphatic hydroxyl groups excluding tert-OH is 1. The lowest BCUT2D eigenvalue weighted by Crippen LogP contribution is -2.30. The topological polar surface area (TPSA) is 41.5 Å². The maximum atomic E-state index is 9.86. The predicted octanol–water partition coefficient (Wildman–Crippen LogP) is 2.90. The predicted molar refractivity (Wildman–Crippen MR) is 77.4 cm³/mol. The van der Waals surface area contributed by atoms with Crippen LogP contribution in [0.15, 0.2) is 24.3 Å². The molecule has 1 fully saturated rings. The molecule has 0 heterocycles. The number of benzene rings is 1. The van der Waals surface area contributed by atoms with Crippen LogP contribution >= 0.6 is 0 Å². The molecule has 19 heavy (non-hydrogen) atoms. The second-order valence-electron chi connectivity index (χ2n) is 5.40. The van der Waals surface area contributed by atoms with Crippen LogP contribution in [0.3, 0.4) is 0 Å². The number of ether oxygens (including phenoxy) is 1. The van der Waals surface area contributed by atoms with Gasteiger partial charge in [0.2, 0.25) is 0 Å². The number of nitrogens with one attached hydrogen (secondary N) is 1. The van der Waals surface area contributed by atoms with Crippen LogP contribution in [0, 0.1) is 5.92 Å². The van der Waals surface area contributed by atoms with Gasteiger partial charge in [-0.15, -0.1) is 0 Å². The van der Waals surface area contributed by atoms with Crippen LogP contribution in [0.4, 0.5) is 0 Å². The molecule has 106 valence electrons. The zero-order valence-corrected chi connectivity index (χ0v) is 11.9. The number of aliphatic hydroxyl groups is 1. The van der Waals surface area contributed by atoms with E-state index in [0.717, 1.165) is 38.0 Å². The summed E-state index contributed by atoms with van der Waals surface area (Å²) in [5.41, 5.74) is 1.29. The van der Waals surface area contributed by atoms with Gasteiger partial charge < -0.3 is 15.2 Å². The molecule has 3 unspecified atom stereocenters. The summed E-state index contributed by atoms with van der Waals surface area (Å²) in [4.78, 5) is 0. The van der Waals surface area contributed by atoms with Crippen molar-refractivity contribution in [3.63, 3.8) is 0 Å². The first kappa shape index (κ1) is 14.4. The van der Waals surface area contributed by atoms with E-state index in [9.17, 15) is 5.11 Å². The van der Waals surface area contributed by atoms with E-state index < -0.39 is 0 Å².